The smallest absolute Gasteiger partial charge is 0.308 e. The summed E-state index contributed by atoms with van der Waals surface area (Å²) in [7, 11) is 0. The van der Waals surface area contributed by atoms with Gasteiger partial charge in [-0.25, -0.2) is 0 Å². The molecule has 0 aromatic heterocycles. The second kappa shape index (κ2) is 5.88. The van der Waals surface area contributed by atoms with E-state index in [4.69, 9.17) is 0 Å². The number of rotatable bonds is 7. The Kier molecular flexibility index (Phi) is 3.95. The quantitative estimate of drug-likeness (QED) is 0.807. The molecule has 3 rings (SSSR count). The Morgan fingerprint density at radius 1 is 1.24 bits per heavy atom. The predicted molar refractivity (Wildman–Crippen MR) is 78.6 cm³/mol. The second-order valence-corrected chi connectivity index (χ2v) is 6.31. The molecule has 112 valence electrons. The monoisotopic (exact) mass is 287 g/mol. The van der Waals surface area contributed by atoms with Crippen LogP contribution in [0.4, 0.5) is 0 Å². The predicted octanol–water partition coefficient (Wildman–Crippen LogP) is 2.09. The van der Waals surface area contributed by atoms with E-state index in [1.54, 1.807) is 0 Å². The Bertz CT molecular complexity index is 524. The van der Waals surface area contributed by atoms with Crippen LogP contribution in [0.2, 0.25) is 0 Å². The Labute approximate surface area is 124 Å². The third-order valence-electron chi connectivity index (χ3n) is 4.60. The zero-order valence-corrected chi connectivity index (χ0v) is 12.0. The molecule has 1 amide bonds. The van der Waals surface area contributed by atoms with Crippen molar-refractivity contribution in [2.24, 2.45) is 23.7 Å². The molecule has 2 saturated carbocycles. The lowest BCUT2D eigenvalue weighted by molar-refractivity contribution is -0.141. The molecule has 4 heteroatoms. The van der Waals surface area contributed by atoms with Crippen molar-refractivity contribution in [3.63, 3.8) is 0 Å². The minimum atomic E-state index is -0.853. The van der Waals surface area contributed by atoms with Gasteiger partial charge in [-0.3, -0.25) is 9.59 Å². The fourth-order valence-electron chi connectivity index (χ4n) is 3.06. The van der Waals surface area contributed by atoms with Gasteiger partial charge in [0.15, 0.2) is 0 Å². The van der Waals surface area contributed by atoms with E-state index in [0.717, 1.165) is 17.9 Å². The minimum Gasteiger partial charge on any atom is -0.481 e. The van der Waals surface area contributed by atoms with E-state index in [2.05, 4.69) is 5.32 Å². The summed E-state index contributed by atoms with van der Waals surface area (Å²) in [6, 6.07) is 9.55. The van der Waals surface area contributed by atoms with Crippen LogP contribution in [0.5, 0.6) is 0 Å². The molecule has 2 aliphatic rings. The first-order valence-corrected chi connectivity index (χ1v) is 7.69. The van der Waals surface area contributed by atoms with Gasteiger partial charge in [0.25, 0.3) is 0 Å². The number of carbonyl (C=O) groups excluding carboxylic acids is 1. The molecule has 2 aliphatic carbocycles. The van der Waals surface area contributed by atoms with Gasteiger partial charge in [-0.2, -0.15) is 0 Å². The SMILES string of the molecule is O=C(O)[C@H](CNC(=O)[C@@H]1C[C@@H]1C1CC1)Cc1ccccc1. The third-order valence-corrected chi connectivity index (χ3v) is 4.60. The molecular weight excluding hydrogens is 266 g/mol. The van der Waals surface area contributed by atoms with E-state index >= 15 is 0 Å². The number of carboxylic acids is 1. The molecule has 3 atom stereocenters. The summed E-state index contributed by atoms with van der Waals surface area (Å²) in [5.41, 5.74) is 0.987. The number of amides is 1. The highest BCUT2D eigenvalue weighted by molar-refractivity contribution is 5.82. The van der Waals surface area contributed by atoms with Crippen LogP contribution in [0, 0.1) is 23.7 Å². The summed E-state index contributed by atoms with van der Waals surface area (Å²) in [4.78, 5) is 23.4. The van der Waals surface area contributed by atoms with Crippen LogP contribution in [0.3, 0.4) is 0 Å². The standard InChI is InChI=1S/C17H21NO3/c19-16(15-9-14(15)12-6-7-12)18-10-13(17(20)21)8-11-4-2-1-3-5-11/h1-5,12-15H,6-10H2,(H,18,19)(H,20,21)/t13-,14+,15+/m0/s1. The molecule has 0 unspecified atom stereocenters. The maximum Gasteiger partial charge on any atom is 0.308 e. The molecule has 21 heavy (non-hydrogen) atoms. The van der Waals surface area contributed by atoms with Crippen LogP contribution in [-0.2, 0) is 16.0 Å². The Morgan fingerprint density at radius 2 is 1.95 bits per heavy atom. The van der Waals surface area contributed by atoms with Gasteiger partial charge in [0.05, 0.1) is 5.92 Å². The van der Waals surface area contributed by atoms with E-state index in [9.17, 15) is 14.7 Å². The molecule has 2 N–H and O–H groups in total. The van der Waals surface area contributed by atoms with Crippen molar-refractivity contribution in [1.82, 2.24) is 5.32 Å². The van der Waals surface area contributed by atoms with Crippen molar-refractivity contribution in [3.8, 4) is 0 Å². The normalized spacial score (nSPS) is 25.1. The van der Waals surface area contributed by atoms with E-state index < -0.39 is 11.9 Å². The van der Waals surface area contributed by atoms with Crippen molar-refractivity contribution >= 4 is 11.9 Å². The number of hydrogen-bond acceptors (Lipinski definition) is 2. The van der Waals surface area contributed by atoms with Crippen molar-refractivity contribution in [2.45, 2.75) is 25.7 Å². The average molecular weight is 287 g/mol. The zero-order valence-electron chi connectivity index (χ0n) is 12.0. The van der Waals surface area contributed by atoms with Crippen LogP contribution in [0.25, 0.3) is 0 Å². The van der Waals surface area contributed by atoms with Crippen LogP contribution >= 0.6 is 0 Å². The molecule has 0 bridgehead atoms. The summed E-state index contributed by atoms with van der Waals surface area (Å²) >= 11 is 0. The summed E-state index contributed by atoms with van der Waals surface area (Å²) in [6.45, 7) is 0.219. The molecule has 0 spiro atoms. The first kappa shape index (κ1) is 14.1. The summed E-state index contributed by atoms with van der Waals surface area (Å²) < 4.78 is 0. The minimum absolute atomic E-state index is 0.0474. The first-order chi connectivity index (χ1) is 10.1. The van der Waals surface area contributed by atoms with Gasteiger partial charge < -0.3 is 10.4 Å². The van der Waals surface area contributed by atoms with E-state index in [-0.39, 0.29) is 18.4 Å². The Hall–Kier alpha value is -1.84. The lowest BCUT2D eigenvalue weighted by atomic mass is 9.99. The second-order valence-electron chi connectivity index (χ2n) is 6.31. The van der Waals surface area contributed by atoms with Crippen molar-refractivity contribution < 1.29 is 14.7 Å². The lowest BCUT2D eigenvalue weighted by Crippen LogP contribution is -2.35. The van der Waals surface area contributed by atoms with Gasteiger partial charge in [0.2, 0.25) is 5.91 Å². The zero-order chi connectivity index (χ0) is 14.8. The van der Waals surface area contributed by atoms with Crippen LogP contribution < -0.4 is 5.32 Å². The first-order valence-electron chi connectivity index (χ1n) is 7.69. The molecule has 1 aromatic carbocycles. The van der Waals surface area contributed by atoms with Gasteiger partial charge in [0.1, 0.15) is 0 Å². The number of benzene rings is 1. The van der Waals surface area contributed by atoms with Crippen LogP contribution in [0.1, 0.15) is 24.8 Å². The highest BCUT2D eigenvalue weighted by Crippen LogP contribution is 2.54. The fourth-order valence-corrected chi connectivity index (χ4v) is 3.06. The molecular formula is C17H21NO3. The summed E-state index contributed by atoms with van der Waals surface area (Å²) in [6.07, 6.45) is 3.97. The molecule has 4 nitrogen and oxygen atoms in total. The fraction of sp³-hybridized carbons (Fsp3) is 0.529. The third kappa shape index (κ3) is 3.63. The Balaban J connectivity index is 1.49. The number of hydrogen-bond donors (Lipinski definition) is 2. The lowest BCUT2D eigenvalue weighted by Gasteiger charge is -2.13. The maximum absolute atomic E-state index is 12.0. The molecule has 0 heterocycles. The largest absolute Gasteiger partial charge is 0.481 e. The Morgan fingerprint density at radius 3 is 2.57 bits per heavy atom. The average Bonchev–Trinajstić information content (AvgIpc) is 3.35. The summed E-state index contributed by atoms with van der Waals surface area (Å²) in [5.74, 6) is 0.112. The molecule has 2 fully saturated rings. The number of aliphatic carboxylic acids is 1. The van der Waals surface area contributed by atoms with Crippen LogP contribution in [0.15, 0.2) is 30.3 Å². The molecule has 0 aliphatic heterocycles. The number of nitrogens with one attached hydrogen (secondary N) is 1. The highest BCUT2D eigenvalue weighted by Gasteiger charge is 2.51. The number of carboxylic acid groups (broad SMARTS) is 1. The van der Waals surface area contributed by atoms with Crippen molar-refractivity contribution in [3.05, 3.63) is 35.9 Å². The van der Waals surface area contributed by atoms with Gasteiger partial charge >= 0.3 is 5.97 Å². The van der Waals surface area contributed by atoms with Crippen molar-refractivity contribution in [2.75, 3.05) is 6.54 Å². The molecule has 1 aromatic rings. The number of carbonyl (C=O) groups is 2. The van der Waals surface area contributed by atoms with Crippen molar-refractivity contribution in [1.29, 1.82) is 0 Å². The van der Waals surface area contributed by atoms with E-state index in [1.165, 1.54) is 12.8 Å². The molecule has 0 saturated heterocycles. The topological polar surface area (TPSA) is 66.4 Å². The van der Waals surface area contributed by atoms with Gasteiger partial charge in [0, 0.05) is 12.5 Å². The van der Waals surface area contributed by atoms with E-state index in [0.29, 0.717) is 12.3 Å². The van der Waals surface area contributed by atoms with Gasteiger partial charge in [-0.1, -0.05) is 30.3 Å². The van der Waals surface area contributed by atoms with Crippen LogP contribution in [-0.4, -0.2) is 23.5 Å². The van der Waals surface area contributed by atoms with Gasteiger partial charge in [-0.05, 0) is 43.1 Å². The summed E-state index contributed by atoms with van der Waals surface area (Å²) in [5, 5.41) is 12.1. The molecule has 0 radical (unpaired) electrons. The van der Waals surface area contributed by atoms with E-state index in [1.807, 2.05) is 30.3 Å². The van der Waals surface area contributed by atoms with Gasteiger partial charge in [-0.15, -0.1) is 0 Å². The highest BCUT2D eigenvalue weighted by atomic mass is 16.4. The maximum atomic E-state index is 12.0.